The highest BCUT2D eigenvalue weighted by atomic mass is 16.3. The maximum Gasteiger partial charge on any atom is 0.290 e. The molecule has 0 radical (unpaired) electrons. The molecule has 4 nitrogen and oxygen atoms in total. The van der Waals surface area contributed by atoms with Gasteiger partial charge in [-0.25, -0.2) is 0 Å². The van der Waals surface area contributed by atoms with E-state index in [0.29, 0.717) is 17.8 Å². The molecular weight excluding hydrogens is 338 g/mol. The number of rotatable bonds is 3. The molecule has 5 aliphatic rings. The summed E-state index contributed by atoms with van der Waals surface area (Å²) in [6.07, 6.45) is 6.92. The highest BCUT2D eigenvalue weighted by Crippen LogP contribution is 2.60. The molecule has 142 valence electrons. The van der Waals surface area contributed by atoms with Crippen LogP contribution in [0.2, 0.25) is 0 Å². The second-order valence-corrected chi connectivity index (χ2v) is 9.45. The Labute approximate surface area is 160 Å². The smallest absolute Gasteiger partial charge is 0.290 e. The first kappa shape index (κ1) is 17.0. The Morgan fingerprint density at radius 3 is 2.04 bits per heavy atom. The molecule has 4 heteroatoms. The monoisotopic (exact) mass is 365 g/mol. The van der Waals surface area contributed by atoms with Crippen LogP contribution >= 0.6 is 0 Å². The minimum absolute atomic E-state index is 0.202. The van der Waals surface area contributed by atoms with Crippen LogP contribution in [0.15, 0.2) is 35.6 Å². The number of nitrogens with zero attached hydrogens (tertiary/aromatic N) is 1. The molecule has 1 aliphatic heterocycles. The van der Waals surface area contributed by atoms with Gasteiger partial charge in [-0.05, 0) is 75.7 Å². The van der Waals surface area contributed by atoms with E-state index in [9.17, 15) is 14.7 Å². The van der Waals surface area contributed by atoms with Crippen LogP contribution in [0.4, 0.5) is 0 Å². The molecule has 1 aromatic rings. The first-order chi connectivity index (χ1) is 12.9. The summed E-state index contributed by atoms with van der Waals surface area (Å²) in [6, 6.07) is 7.59. The lowest BCUT2D eigenvalue weighted by atomic mass is 9.52. The van der Waals surface area contributed by atoms with E-state index in [1.54, 1.807) is 0 Å². The lowest BCUT2D eigenvalue weighted by Crippen LogP contribution is -2.61. The quantitative estimate of drug-likeness (QED) is 0.871. The summed E-state index contributed by atoms with van der Waals surface area (Å²) in [5.41, 5.74) is 2.15. The normalized spacial score (nSPS) is 37.4. The fraction of sp³-hybridized carbons (Fsp3) is 0.565. The van der Waals surface area contributed by atoms with E-state index in [0.717, 1.165) is 30.4 Å². The van der Waals surface area contributed by atoms with Gasteiger partial charge in [-0.1, -0.05) is 29.8 Å². The van der Waals surface area contributed by atoms with Crippen LogP contribution in [0.25, 0.3) is 0 Å². The third-order valence-electron chi connectivity index (χ3n) is 7.50. The van der Waals surface area contributed by atoms with E-state index in [-0.39, 0.29) is 28.6 Å². The number of hydrogen-bond donors (Lipinski definition) is 1. The van der Waals surface area contributed by atoms with Gasteiger partial charge >= 0.3 is 0 Å². The maximum absolute atomic E-state index is 13.3. The number of aliphatic hydroxyl groups excluding tert-OH is 1. The topological polar surface area (TPSA) is 57.6 Å². The third-order valence-corrected chi connectivity index (χ3v) is 7.50. The molecule has 0 aromatic heterocycles. The van der Waals surface area contributed by atoms with Gasteiger partial charge in [0.25, 0.3) is 5.91 Å². The van der Waals surface area contributed by atoms with E-state index in [2.05, 4.69) is 0 Å². The summed E-state index contributed by atoms with van der Waals surface area (Å²) in [6.45, 7) is 3.49. The van der Waals surface area contributed by atoms with Crippen LogP contribution in [-0.4, -0.2) is 27.2 Å². The summed E-state index contributed by atoms with van der Waals surface area (Å²) in [5.74, 6) is 1.18. The average molecular weight is 365 g/mol. The minimum atomic E-state index is -0.452. The van der Waals surface area contributed by atoms with Gasteiger partial charge < -0.3 is 10.0 Å². The molecule has 4 saturated carbocycles. The molecule has 1 heterocycles. The van der Waals surface area contributed by atoms with Crippen molar-refractivity contribution >= 4 is 11.7 Å². The fourth-order valence-electron chi connectivity index (χ4n) is 6.88. The van der Waals surface area contributed by atoms with Crippen LogP contribution in [0.3, 0.4) is 0 Å². The number of aryl methyl sites for hydroxylation is 1. The Kier molecular flexibility index (Phi) is 3.59. The Morgan fingerprint density at radius 1 is 1.04 bits per heavy atom. The predicted octanol–water partition coefficient (Wildman–Crippen LogP) is 4.25. The number of carbonyl (C=O) groups excluding carboxylic acids is 2. The number of hydrogen-bond acceptors (Lipinski definition) is 3. The van der Waals surface area contributed by atoms with Crippen molar-refractivity contribution in [3.63, 3.8) is 0 Å². The van der Waals surface area contributed by atoms with Crippen molar-refractivity contribution in [1.29, 1.82) is 0 Å². The predicted molar refractivity (Wildman–Crippen MR) is 102 cm³/mol. The zero-order valence-electron chi connectivity index (χ0n) is 16.1. The number of benzene rings is 1. The van der Waals surface area contributed by atoms with Crippen molar-refractivity contribution < 1.29 is 14.7 Å². The minimum Gasteiger partial charge on any atom is -0.503 e. The molecular formula is C23H27NO3. The lowest BCUT2D eigenvalue weighted by Gasteiger charge is -2.60. The Morgan fingerprint density at radius 2 is 1.56 bits per heavy atom. The number of Topliss-reactive ketones (excluding diaryl/α,β-unsaturated/α-hetero) is 1. The molecule has 1 aromatic carbocycles. The molecule has 0 saturated heterocycles. The van der Waals surface area contributed by atoms with Crippen molar-refractivity contribution in [1.82, 2.24) is 4.90 Å². The van der Waals surface area contributed by atoms with Gasteiger partial charge in [-0.15, -0.1) is 0 Å². The van der Waals surface area contributed by atoms with E-state index in [1.165, 1.54) is 26.2 Å². The van der Waals surface area contributed by atoms with Crippen LogP contribution in [0.5, 0.6) is 0 Å². The molecule has 4 aliphatic carbocycles. The highest BCUT2D eigenvalue weighted by Gasteiger charge is 2.59. The van der Waals surface area contributed by atoms with Gasteiger partial charge in [-0.3, -0.25) is 9.59 Å². The average Bonchev–Trinajstić information content (AvgIpc) is 2.86. The first-order valence-corrected chi connectivity index (χ1v) is 10.2. The fourth-order valence-corrected chi connectivity index (χ4v) is 6.88. The van der Waals surface area contributed by atoms with Gasteiger partial charge in [0.15, 0.2) is 11.5 Å². The zero-order chi connectivity index (χ0) is 18.9. The Balaban J connectivity index is 1.63. The van der Waals surface area contributed by atoms with Crippen LogP contribution in [-0.2, 0) is 9.59 Å². The molecule has 6 rings (SSSR count). The molecule has 0 unspecified atom stereocenters. The van der Waals surface area contributed by atoms with Gasteiger partial charge in [0.05, 0.1) is 11.6 Å². The summed E-state index contributed by atoms with van der Waals surface area (Å²) in [7, 11) is 0. The standard InChI is InChI=1S/C23H27NO3/c1-13-3-5-18(6-4-13)20-19(14(2)25)21(26)22(27)24(20)23-10-15-7-16(11-23)9-17(8-15)12-23/h3-6,15-17,20,26H,7-12H2,1-2H3/t15?,16?,17?,20-,23?/m0/s1. The van der Waals surface area contributed by atoms with Gasteiger partial charge in [0.2, 0.25) is 0 Å². The summed E-state index contributed by atoms with van der Waals surface area (Å²) < 4.78 is 0. The first-order valence-electron chi connectivity index (χ1n) is 10.2. The van der Waals surface area contributed by atoms with Crippen molar-refractivity contribution in [3.05, 3.63) is 46.7 Å². The van der Waals surface area contributed by atoms with Crippen molar-refractivity contribution in [2.45, 2.75) is 64.0 Å². The molecule has 0 spiro atoms. The van der Waals surface area contributed by atoms with E-state index >= 15 is 0 Å². The zero-order valence-corrected chi connectivity index (χ0v) is 16.1. The van der Waals surface area contributed by atoms with Gasteiger partial charge in [-0.2, -0.15) is 0 Å². The van der Waals surface area contributed by atoms with E-state index in [4.69, 9.17) is 0 Å². The van der Waals surface area contributed by atoms with Crippen molar-refractivity contribution in [2.75, 3.05) is 0 Å². The Hall–Kier alpha value is -2.10. The molecule has 4 fully saturated rings. The Bertz CT molecular complexity index is 816. The van der Waals surface area contributed by atoms with Crippen LogP contribution in [0.1, 0.15) is 62.6 Å². The van der Waals surface area contributed by atoms with Crippen molar-refractivity contribution in [2.24, 2.45) is 17.8 Å². The van der Waals surface area contributed by atoms with Crippen LogP contribution < -0.4 is 0 Å². The highest BCUT2D eigenvalue weighted by molar-refractivity contribution is 6.08. The van der Waals surface area contributed by atoms with E-state index in [1.807, 2.05) is 36.1 Å². The number of ketones is 1. The molecule has 1 N–H and O–H groups in total. The van der Waals surface area contributed by atoms with Gasteiger partial charge in [0.1, 0.15) is 0 Å². The third kappa shape index (κ3) is 2.41. The van der Waals surface area contributed by atoms with Crippen molar-refractivity contribution in [3.8, 4) is 0 Å². The summed E-state index contributed by atoms with van der Waals surface area (Å²) in [5, 5.41) is 10.7. The molecule has 27 heavy (non-hydrogen) atoms. The summed E-state index contributed by atoms with van der Waals surface area (Å²) in [4.78, 5) is 27.6. The molecule has 1 atom stereocenters. The van der Waals surface area contributed by atoms with E-state index < -0.39 is 6.04 Å². The SMILES string of the molecule is CC(=O)C1=C(O)C(=O)N(C23CC4CC(CC(C4)C2)C3)[C@H]1c1ccc(C)cc1. The molecule has 1 amide bonds. The largest absolute Gasteiger partial charge is 0.503 e. The second-order valence-electron chi connectivity index (χ2n) is 9.45. The number of aliphatic hydroxyl groups is 1. The maximum atomic E-state index is 13.3. The number of amides is 1. The molecule has 4 bridgehead atoms. The number of carbonyl (C=O) groups is 2. The van der Waals surface area contributed by atoms with Gasteiger partial charge in [0, 0.05) is 5.54 Å². The van der Waals surface area contributed by atoms with Crippen LogP contribution in [0, 0.1) is 24.7 Å². The second kappa shape index (κ2) is 5.70. The summed E-state index contributed by atoms with van der Waals surface area (Å²) >= 11 is 0. The lowest BCUT2D eigenvalue weighted by molar-refractivity contribution is -0.150.